The fourth-order valence-electron chi connectivity index (χ4n) is 3.98. The normalized spacial score (nSPS) is 13.8. The van der Waals surface area contributed by atoms with Crippen LogP contribution in [0.5, 0.6) is 0 Å². The molecule has 2 aromatic heterocycles. The van der Waals surface area contributed by atoms with Gasteiger partial charge in [-0.1, -0.05) is 5.16 Å². The molecule has 0 spiro atoms. The van der Waals surface area contributed by atoms with Crippen LogP contribution in [0.3, 0.4) is 0 Å². The number of carbonyl (C=O) groups excluding carboxylic acids is 1. The molecule has 1 aromatic carbocycles. The van der Waals surface area contributed by atoms with Crippen LogP contribution < -0.4 is 15.5 Å². The van der Waals surface area contributed by atoms with E-state index < -0.39 is 0 Å². The molecule has 0 bridgehead atoms. The zero-order valence-electron chi connectivity index (χ0n) is 18.9. The zero-order chi connectivity index (χ0) is 22.5. The van der Waals surface area contributed by atoms with E-state index in [4.69, 9.17) is 9.51 Å². The number of anilines is 4. The van der Waals surface area contributed by atoms with Crippen molar-refractivity contribution in [3.8, 4) is 0 Å². The van der Waals surface area contributed by atoms with Crippen LogP contribution >= 0.6 is 0 Å². The number of hydrogen-bond donors (Lipinski definition) is 2. The first-order valence-electron chi connectivity index (χ1n) is 11.2. The van der Waals surface area contributed by atoms with E-state index in [-0.39, 0.29) is 5.91 Å². The van der Waals surface area contributed by atoms with Gasteiger partial charge in [-0.15, -0.1) is 0 Å². The second kappa shape index (κ2) is 9.80. The molecular formula is C24H30N6O2. The van der Waals surface area contributed by atoms with Crippen molar-refractivity contribution in [2.45, 2.75) is 52.9 Å². The lowest BCUT2D eigenvalue weighted by Crippen LogP contribution is -2.30. The van der Waals surface area contributed by atoms with Crippen molar-refractivity contribution in [2.75, 3.05) is 28.6 Å². The molecule has 0 atom stereocenters. The second-order valence-electron chi connectivity index (χ2n) is 8.29. The number of rotatable bonds is 7. The molecule has 1 saturated heterocycles. The van der Waals surface area contributed by atoms with Gasteiger partial charge in [0.2, 0.25) is 11.9 Å². The topological polar surface area (TPSA) is 96.2 Å². The third kappa shape index (κ3) is 5.43. The lowest BCUT2D eigenvalue weighted by molar-refractivity contribution is -0.116. The van der Waals surface area contributed by atoms with E-state index in [2.05, 4.69) is 25.7 Å². The van der Waals surface area contributed by atoms with E-state index in [0.29, 0.717) is 18.8 Å². The van der Waals surface area contributed by atoms with E-state index in [9.17, 15) is 4.79 Å². The highest BCUT2D eigenvalue weighted by Crippen LogP contribution is 2.22. The van der Waals surface area contributed by atoms with Gasteiger partial charge in [0.05, 0.1) is 5.69 Å². The Hall–Kier alpha value is -3.42. The molecule has 2 N–H and O–H groups in total. The molecule has 8 heteroatoms. The Morgan fingerprint density at radius 2 is 1.75 bits per heavy atom. The first-order chi connectivity index (χ1) is 15.5. The van der Waals surface area contributed by atoms with E-state index in [0.717, 1.165) is 53.0 Å². The Kier molecular flexibility index (Phi) is 6.68. The number of aromatic nitrogens is 3. The van der Waals surface area contributed by atoms with Crippen LogP contribution in [0.15, 0.2) is 34.9 Å². The van der Waals surface area contributed by atoms with Gasteiger partial charge >= 0.3 is 0 Å². The monoisotopic (exact) mass is 434 g/mol. The van der Waals surface area contributed by atoms with Crippen LogP contribution in [-0.2, 0) is 11.2 Å². The van der Waals surface area contributed by atoms with Gasteiger partial charge in [-0.2, -0.15) is 4.98 Å². The molecule has 3 heterocycles. The largest absolute Gasteiger partial charge is 0.361 e. The van der Waals surface area contributed by atoms with Crippen LogP contribution in [0.2, 0.25) is 0 Å². The number of amides is 1. The number of nitrogens with zero attached hydrogens (tertiary/aromatic N) is 4. The number of benzene rings is 1. The lowest BCUT2D eigenvalue weighted by Gasteiger charge is -2.28. The Morgan fingerprint density at radius 3 is 2.44 bits per heavy atom. The van der Waals surface area contributed by atoms with Gasteiger partial charge in [0.25, 0.3) is 0 Å². The van der Waals surface area contributed by atoms with Gasteiger partial charge in [0.1, 0.15) is 11.6 Å². The quantitative estimate of drug-likeness (QED) is 0.557. The van der Waals surface area contributed by atoms with E-state index in [1.165, 1.54) is 19.3 Å². The van der Waals surface area contributed by atoms with Gasteiger partial charge in [0.15, 0.2) is 0 Å². The SMILES string of the molecule is Cc1cc(N2CCCCC2)nc(Nc2ccc(NC(=O)CCc3c(C)noc3C)cc2)n1. The summed E-state index contributed by atoms with van der Waals surface area (Å²) < 4.78 is 5.16. The molecule has 168 valence electrons. The minimum Gasteiger partial charge on any atom is -0.361 e. The number of piperidine rings is 1. The molecule has 1 aliphatic rings. The van der Waals surface area contributed by atoms with Gasteiger partial charge in [0, 0.05) is 48.2 Å². The van der Waals surface area contributed by atoms with Gasteiger partial charge in [-0.3, -0.25) is 4.79 Å². The average Bonchev–Trinajstić information content (AvgIpc) is 3.11. The Bertz CT molecular complexity index is 1050. The van der Waals surface area contributed by atoms with Gasteiger partial charge < -0.3 is 20.1 Å². The highest BCUT2D eigenvalue weighted by atomic mass is 16.5. The Morgan fingerprint density at radius 1 is 1.03 bits per heavy atom. The van der Waals surface area contributed by atoms with Crippen molar-refractivity contribution in [1.29, 1.82) is 0 Å². The molecule has 0 radical (unpaired) electrons. The standard InChI is InChI=1S/C24H30N6O2/c1-16-15-22(30-13-5-4-6-14-30)28-24(25-16)27-20-9-7-19(8-10-20)26-23(31)12-11-21-17(2)29-32-18(21)3/h7-10,15H,4-6,11-14H2,1-3H3,(H,26,31)(H,25,27,28). The summed E-state index contributed by atoms with van der Waals surface area (Å²) in [5.74, 6) is 2.29. The highest BCUT2D eigenvalue weighted by Gasteiger charge is 2.14. The molecule has 4 rings (SSSR count). The van der Waals surface area contributed by atoms with Crippen molar-refractivity contribution in [3.63, 3.8) is 0 Å². The first-order valence-corrected chi connectivity index (χ1v) is 11.2. The molecular weight excluding hydrogens is 404 g/mol. The maximum Gasteiger partial charge on any atom is 0.229 e. The summed E-state index contributed by atoms with van der Waals surface area (Å²) in [6.07, 6.45) is 4.68. The van der Waals surface area contributed by atoms with Crippen LogP contribution in [0, 0.1) is 20.8 Å². The van der Waals surface area contributed by atoms with Crippen LogP contribution in [0.25, 0.3) is 0 Å². The van der Waals surface area contributed by atoms with Crippen molar-refractivity contribution in [2.24, 2.45) is 0 Å². The second-order valence-corrected chi connectivity index (χ2v) is 8.29. The van der Waals surface area contributed by atoms with E-state index in [1.807, 2.05) is 51.1 Å². The van der Waals surface area contributed by atoms with Crippen molar-refractivity contribution in [3.05, 3.63) is 53.0 Å². The van der Waals surface area contributed by atoms with Crippen molar-refractivity contribution < 1.29 is 9.32 Å². The summed E-state index contributed by atoms with van der Waals surface area (Å²) >= 11 is 0. The van der Waals surface area contributed by atoms with Gasteiger partial charge in [-0.25, -0.2) is 4.98 Å². The van der Waals surface area contributed by atoms with E-state index >= 15 is 0 Å². The predicted octanol–water partition coefficient (Wildman–Crippen LogP) is 4.70. The maximum atomic E-state index is 12.3. The highest BCUT2D eigenvalue weighted by molar-refractivity contribution is 5.91. The molecule has 1 fully saturated rings. The summed E-state index contributed by atoms with van der Waals surface area (Å²) in [4.78, 5) is 23.9. The molecule has 0 unspecified atom stereocenters. The molecule has 0 saturated carbocycles. The number of hydrogen-bond acceptors (Lipinski definition) is 7. The Labute approximate surface area is 188 Å². The molecule has 1 aliphatic heterocycles. The van der Waals surface area contributed by atoms with E-state index in [1.54, 1.807) is 0 Å². The van der Waals surface area contributed by atoms with Crippen molar-refractivity contribution in [1.82, 2.24) is 15.1 Å². The lowest BCUT2D eigenvalue weighted by atomic mass is 10.1. The average molecular weight is 435 g/mol. The predicted molar refractivity (Wildman–Crippen MR) is 125 cm³/mol. The van der Waals surface area contributed by atoms with Crippen LogP contribution in [0.1, 0.15) is 48.4 Å². The molecule has 3 aromatic rings. The number of carbonyl (C=O) groups is 1. The molecule has 8 nitrogen and oxygen atoms in total. The first kappa shape index (κ1) is 21.8. The molecule has 32 heavy (non-hydrogen) atoms. The van der Waals surface area contributed by atoms with Crippen LogP contribution in [-0.4, -0.2) is 34.1 Å². The number of nitrogens with one attached hydrogen (secondary N) is 2. The van der Waals surface area contributed by atoms with Crippen LogP contribution in [0.4, 0.5) is 23.1 Å². The smallest absolute Gasteiger partial charge is 0.229 e. The summed E-state index contributed by atoms with van der Waals surface area (Å²) in [6, 6.07) is 9.61. The minimum absolute atomic E-state index is 0.0427. The molecule has 1 amide bonds. The van der Waals surface area contributed by atoms with Crippen molar-refractivity contribution >= 4 is 29.0 Å². The zero-order valence-corrected chi connectivity index (χ0v) is 18.9. The third-order valence-electron chi connectivity index (χ3n) is 5.73. The third-order valence-corrected chi connectivity index (χ3v) is 5.73. The van der Waals surface area contributed by atoms with Gasteiger partial charge in [-0.05, 0) is 70.7 Å². The summed E-state index contributed by atoms with van der Waals surface area (Å²) in [5, 5.41) is 10.2. The Balaban J connectivity index is 1.34. The number of aryl methyl sites for hydroxylation is 3. The summed E-state index contributed by atoms with van der Waals surface area (Å²) in [6.45, 7) is 7.83. The molecule has 0 aliphatic carbocycles. The summed E-state index contributed by atoms with van der Waals surface area (Å²) in [5.41, 5.74) is 4.40. The minimum atomic E-state index is -0.0427. The fraction of sp³-hybridized carbons (Fsp3) is 0.417. The summed E-state index contributed by atoms with van der Waals surface area (Å²) in [7, 11) is 0. The maximum absolute atomic E-state index is 12.3. The fourth-order valence-corrected chi connectivity index (χ4v) is 3.98.